The standard InChI is InChI=1S/C20H22BrIN2O4/c1-12(2)8-9-28-17-7-5-14(21)11-15(17)20(26)24-23-19(25)13-4-6-18(27-3)16(22)10-13/h4-7,10-12H,8-9H2,1-3H3,(H,23,25)(H,24,26). The summed E-state index contributed by atoms with van der Waals surface area (Å²) in [6.07, 6.45) is 0.879. The molecule has 0 radical (unpaired) electrons. The number of methoxy groups -OCH3 is 1. The quantitative estimate of drug-likeness (QED) is 0.384. The van der Waals surface area contributed by atoms with Crippen molar-refractivity contribution in [3.63, 3.8) is 0 Å². The zero-order chi connectivity index (χ0) is 20.7. The van der Waals surface area contributed by atoms with E-state index < -0.39 is 11.8 Å². The highest BCUT2D eigenvalue weighted by Gasteiger charge is 2.15. The van der Waals surface area contributed by atoms with Crippen LogP contribution in [0, 0.1) is 9.49 Å². The van der Waals surface area contributed by atoms with Gasteiger partial charge in [0.25, 0.3) is 11.8 Å². The van der Waals surface area contributed by atoms with E-state index in [1.807, 2.05) is 0 Å². The minimum Gasteiger partial charge on any atom is -0.496 e. The Labute approximate surface area is 186 Å². The summed E-state index contributed by atoms with van der Waals surface area (Å²) < 4.78 is 12.5. The van der Waals surface area contributed by atoms with E-state index in [9.17, 15) is 9.59 Å². The van der Waals surface area contributed by atoms with Gasteiger partial charge in [-0.15, -0.1) is 0 Å². The van der Waals surface area contributed by atoms with Gasteiger partial charge in [0.2, 0.25) is 0 Å². The van der Waals surface area contributed by atoms with Gasteiger partial charge in [0.1, 0.15) is 11.5 Å². The number of benzene rings is 2. The fourth-order valence-corrected chi connectivity index (χ4v) is 3.37. The minimum absolute atomic E-state index is 0.336. The number of halogens is 2. The molecule has 0 heterocycles. The second-order valence-electron chi connectivity index (χ2n) is 6.43. The van der Waals surface area contributed by atoms with Crippen LogP contribution in [0.3, 0.4) is 0 Å². The summed E-state index contributed by atoms with van der Waals surface area (Å²) in [5, 5.41) is 0. The molecule has 0 aliphatic heterocycles. The maximum Gasteiger partial charge on any atom is 0.273 e. The Balaban J connectivity index is 2.04. The average Bonchev–Trinajstić information content (AvgIpc) is 2.66. The highest BCUT2D eigenvalue weighted by molar-refractivity contribution is 14.1. The van der Waals surface area contributed by atoms with Crippen LogP contribution in [0.5, 0.6) is 11.5 Å². The monoisotopic (exact) mass is 560 g/mol. The molecular formula is C20H22BrIN2O4. The summed E-state index contributed by atoms with van der Waals surface area (Å²) in [6.45, 7) is 4.72. The molecule has 2 aromatic rings. The van der Waals surface area contributed by atoms with Gasteiger partial charge in [-0.25, -0.2) is 0 Å². The van der Waals surface area contributed by atoms with Gasteiger partial charge in [0, 0.05) is 10.0 Å². The first-order valence-corrected chi connectivity index (χ1v) is 10.6. The maximum atomic E-state index is 12.6. The fourth-order valence-electron chi connectivity index (χ4n) is 2.27. The van der Waals surface area contributed by atoms with Gasteiger partial charge in [-0.05, 0) is 71.3 Å². The Kier molecular flexibility index (Phi) is 8.56. The van der Waals surface area contributed by atoms with Gasteiger partial charge in [0.15, 0.2) is 0 Å². The third kappa shape index (κ3) is 6.37. The van der Waals surface area contributed by atoms with Crippen LogP contribution < -0.4 is 20.3 Å². The highest BCUT2D eigenvalue weighted by Crippen LogP contribution is 2.24. The van der Waals surface area contributed by atoms with Crippen LogP contribution in [-0.4, -0.2) is 25.5 Å². The summed E-state index contributed by atoms with van der Waals surface area (Å²) in [4.78, 5) is 24.9. The number of hydrazine groups is 1. The lowest BCUT2D eigenvalue weighted by Gasteiger charge is -2.14. The van der Waals surface area contributed by atoms with Gasteiger partial charge in [-0.1, -0.05) is 29.8 Å². The molecule has 0 aliphatic rings. The van der Waals surface area contributed by atoms with E-state index in [2.05, 4.69) is 63.2 Å². The van der Waals surface area contributed by atoms with Gasteiger partial charge in [0.05, 0.1) is 22.9 Å². The molecule has 0 aliphatic carbocycles. The zero-order valence-electron chi connectivity index (χ0n) is 15.8. The van der Waals surface area contributed by atoms with Crippen LogP contribution >= 0.6 is 38.5 Å². The first-order valence-electron chi connectivity index (χ1n) is 8.68. The molecule has 2 amide bonds. The SMILES string of the molecule is COc1ccc(C(=O)NNC(=O)c2cc(Br)ccc2OCCC(C)C)cc1I. The fraction of sp³-hybridized carbons (Fsp3) is 0.300. The molecule has 0 aromatic heterocycles. The van der Waals surface area contributed by atoms with Crippen molar-refractivity contribution in [1.82, 2.24) is 10.9 Å². The summed E-state index contributed by atoms with van der Waals surface area (Å²) in [5.74, 6) is 0.760. The highest BCUT2D eigenvalue weighted by atomic mass is 127. The van der Waals surface area contributed by atoms with Gasteiger partial charge >= 0.3 is 0 Å². The van der Waals surface area contributed by atoms with Crippen molar-refractivity contribution in [2.24, 2.45) is 5.92 Å². The van der Waals surface area contributed by atoms with Crippen LogP contribution in [-0.2, 0) is 0 Å². The predicted molar refractivity (Wildman–Crippen MR) is 120 cm³/mol. The third-order valence-corrected chi connectivity index (χ3v) is 5.18. The van der Waals surface area contributed by atoms with E-state index in [1.54, 1.807) is 43.5 Å². The number of nitrogens with one attached hydrogen (secondary N) is 2. The van der Waals surface area contributed by atoms with Gasteiger partial charge in [-0.3, -0.25) is 20.4 Å². The molecular weight excluding hydrogens is 539 g/mol. The number of ether oxygens (including phenoxy) is 2. The lowest BCUT2D eigenvalue weighted by atomic mass is 10.1. The molecule has 2 rings (SSSR count). The number of carbonyl (C=O) groups is 2. The van der Waals surface area contributed by atoms with Crippen LogP contribution in [0.1, 0.15) is 41.0 Å². The summed E-state index contributed by atoms with van der Waals surface area (Å²) >= 11 is 5.44. The zero-order valence-corrected chi connectivity index (χ0v) is 19.6. The first kappa shape index (κ1) is 22.5. The van der Waals surface area contributed by atoms with Gasteiger partial charge in [-0.2, -0.15) is 0 Å². The number of carbonyl (C=O) groups excluding carboxylic acids is 2. The molecule has 8 heteroatoms. The summed E-state index contributed by atoms with van der Waals surface area (Å²) in [6, 6.07) is 10.2. The van der Waals surface area contributed by atoms with Crippen molar-refractivity contribution in [2.45, 2.75) is 20.3 Å². The molecule has 0 saturated heterocycles. The van der Waals surface area contributed by atoms with E-state index in [0.29, 0.717) is 35.2 Å². The molecule has 28 heavy (non-hydrogen) atoms. The smallest absolute Gasteiger partial charge is 0.273 e. The first-order chi connectivity index (χ1) is 13.3. The normalized spacial score (nSPS) is 10.5. The Morgan fingerprint density at radius 3 is 2.39 bits per heavy atom. The van der Waals surface area contributed by atoms with E-state index in [4.69, 9.17) is 9.47 Å². The Morgan fingerprint density at radius 1 is 1.07 bits per heavy atom. The molecule has 0 unspecified atom stereocenters. The van der Waals surface area contributed by atoms with Crippen LogP contribution in [0.2, 0.25) is 0 Å². The minimum atomic E-state index is -0.461. The molecule has 6 nitrogen and oxygen atoms in total. The predicted octanol–water partition coefficient (Wildman–Crippen LogP) is 4.56. The van der Waals surface area contributed by atoms with Gasteiger partial charge < -0.3 is 9.47 Å². The van der Waals surface area contributed by atoms with Crippen LogP contribution in [0.15, 0.2) is 40.9 Å². The Bertz CT molecular complexity index is 858. The number of hydrogen-bond donors (Lipinski definition) is 2. The molecule has 0 spiro atoms. The average molecular weight is 561 g/mol. The molecule has 2 aromatic carbocycles. The van der Waals surface area contributed by atoms with Crippen molar-refractivity contribution in [1.29, 1.82) is 0 Å². The van der Waals surface area contributed by atoms with E-state index >= 15 is 0 Å². The summed E-state index contributed by atoms with van der Waals surface area (Å²) in [7, 11) is 1.57. The molecule has 2 N–H and O–H groups in total. The Morgan fingerprint density at radius 2 is 1.75 bits per heavy atom. The van der Waals surface area contributed by atoms with Crippen molar-refractivity contribution in [3.8, 4) is 11.5 Å². The van der Waals surface area contributed by atoms with E-state index in [-0.39, 0.29) is 0 Å². The summed E-state index contributed by atoms with van der Waals surface area (Å²) in [5.41, 5.74) is 5.61. The molecule has 0 atom stereocenters. The van der Waals surface area contributed by atoms with Crippen LogP contribution in [0.4, 0.5) is 0 Å². The number of rotatable bonds is 7. The van der Waals surface area contributed by atoms with Crippen molar-refractivity contribution in [2.75, 3.05) is 13.7 Å². The molecule has 0 saturated carbocycles. The number of amides is 2. The maximum absolute atomic E-state index is 12.6. The third-order valence-electron chi connectivity index (χ3n) is 3.84. The topological polar surface area (TPSA) is 76.7 Å². The second-order valence-corrected chi connectivity index (χ2v) is 8.51. The van der Waals surface area contributed by atoms with Crippen molar-refractivity contribution < 1.29 is 19.1 Å². The lowest BCUT2D eigenvalue weighted by molar-refractivity contribution is 0.0844. The lowest BCUT2D eigenvalue weighted by Crippen LogP contribution is -2.41. The van der Waals surface area contributed by atoms with Crippen molar-refractivity contribution >= 4 is 50.3 Å². The molecule has 150 valence electrons. The molecule has 0 fully saturated rings. The Hall–Kier alpha value is -1.81. The second kappa shape index (κ2) is 10.7. The molecule has 0 bridgehead atoms. The van der Waals surface area contributed by atoms with E-state index in [0.717, 1.165) is 14.5 Å². The van der Waals surface area contributed by atoms with E-state index in [1.165, 1.54) is 0 Å². The largest absolute Gasteiger partial charge is 0.496 e. The van der Waals surface area contributed by atoms with Crippen molar-refractivity contribution in [3.05, 3.63) is 55.6 Å². The van der Waals surface area contributed by atoms with Crippen LogP contribution in [0.25, 0.3) is 0 Å². The number of hydrogen-bond acceptors (Lipinski definition) is 4.